The number of nitrogens with one attached hydrogen (secondary N) is 1. The zero-order valence-electron chi connectivity index (χ0n) is 13.5. The lowest BCUT2D eigenvalue weighted by Gasteiger charge is -2.07. The summed E-state index contributed by atoms with van der Waals surface area (Å²) in [5.41, 5.74) is 0.787. The van der Waals surface area contributed by atoms with Crippen LogP contribution in [0.3, 0.4) is 0 Å². The SMILES string of the molecule is CCOc1ccc(S(=O)(=O)NC(=O)c2cc3c(nc4sccn43)s2)cc1. The second-order valence-corrected chi connectivity index (χ2v) is 8.89. The molecule has 1 aromatic carbocycles. The predicted octanol–water partition coefficient (Wildman–Crippen LogP) is 3.13. The maximum atomic E-state index is 12.4. The van der Waals surface area contributed by atoms with E-state index in [2.05, 4.69) is 9.71 Å². The number of fused-ring (bicyclic) bond motifs is 3. The standard InChI is InChI=1S/C16H13N3O4S3/c1-2-23-10-3-5-11(6-4-10)26(21,22)18-14(20)13-9-12-15(25-13)17-16-19(12)7-8-24-16/h3-9H,2H2,1H3,(H,18,20). The topological polar surface area (TPSA) is 89.8 Å². The molecule has 0 aliphatic carbocycles. The molecule has 0 spiro atoms. The quantitative estimate of drug-likeness (QED) is 0.549. The second kappa shape index (κ2) is 6.38. The Balaban J connectivity index is 1.58. The van der Waals surface area contributed by atoms with E-state index in [1.807, 2.05) is 22.9 Å². The number of thiophene rings is 1. The van der Waals surface area contributed by atoms with Gasteiger partial charge in [-0.2, -0.15) is 0 Å². The van der Waals surface area contributed by atoms with Crippen molar-refractivity contribution in [3.63, 3.8) is 0 Å². The van der Waals surface area contributed by atoms with E-state index in [-0.39, 0.29) is 9.77 Å². The molecule has 3 heterocycles. The molecule has 0 saturated carbocycles. The van der Waals surface area contributed by atoms with Crippen LogP contribution in [0.1, 0.15) is 16.6 Å². The Bertz CT molecular complexity index is 1200. The highest BCUT2D eigenvalue weighted by atomic mass is 32.2. The van der Waals surface area contributed by atoms with Gasteiger partial charge in [-0.25, -0.2) is 18.1 Å². The summed E-state index contributed by atoms with van der Waals surface area (Å²) in [6.07, 6.45) is 1.86. The minimum Gasteiger partial charge on any atom is -0.494 e. The first-order chi connectivity index (χ1) is 12.5. The van der Waals surface area contributed by atoms with Crippen LogP contribution < -0.4 is 9.46 Å². The fourth-order valence-electron chi connectivity index (χ4n) is 2.47. The van der Waals surface area contributed by atoms with Crippen molar-refractivity contribution in [3.05, 3.63) is 46.8 Å². The van der Waals surface area contributed by atoms with E-state index in [0.29, 0.717) is 17.2 Å². The summed E-state index contributed by atoms with van der Waals surface area (Å²) in [7, 11) is -3.97. The first kappa shape index (κ1) is 17.0. The van der Waals surface area contributed by atoms with Gasteiger partial charge >= 0.3 is 0 Å². The Morgan fingerprint density at radius 2 is 2.08 bits per heavy atom. The lowest BCUT2D eigenvalue weighted by Crippen LogP contribution is -2.29. The molecule has 0 unspecified atom stereocenters. The van der Waals surface area contributed by atoms with E-state index in [9.17, 15) is 13.2 Å². The van der Waals surface area contributed by atoms with Gasteiger partial charge in [0.15, 0.2) is 4.96 Å². The van der Waals surface area contributed by atoms with Gasteiger partial charge in [-0.3, -0.25) is 9.20 Å². The normalized spacial score (nSPS) is 11.9. The highest BCUT2D eigenvalue weighted by Crippen LogP contribution is 2.28. The van der Waals surface area contributed by atoms with E-state index in [1.54, 1.807) is 18.2 Å². The van der Waals surface area contributed by atoms with Gasteiger partial charge < -0.3 is 4.74 Å². The summed E-state index contributed by atoms with van der Waals surface area (Å²) >= 11 is 2.65. The number of amides is 1. The number of carbonyl (C=O) groups excluding carboxylic acids is 1. The van der Waals surface area contributed by atoms with Gasteiger partial charge in [0.05, 0.1) is 21.9 Å². The first-order valence-electron chi connectivity index (χ1n) is 7.63. The summed E-state index contributed by atoms with van der Waals surface area (Å²) in [5.74, 6) is -0.108. The van der Waals surface area contributed by atoms with Gasteiger partial charge in [-0.05, 0) is 37.3 Å². The van der Waals surface area contributed by atoms with Gasteiger partial charge in [0.1, 0.15) is 10.6 Å². The molecule has 7 nitrogen and oxygen atoms in total. The van der Waals surface area contributed by atoms with E-state index in [0.717, 1.165) is 21.8 Å². The maximum absolute atomic E-state index is 12.4. The van der Waals surface area contributed by atoms with Gasteiger partial charge in [0.2, 0.25) is 0 Å². The number of hydrogen-bond donors (Lipinski definition) is 1. The average Bonchev–Trinajstić information content (AvgIpc) is 3.27. The molecular weight excluding hydrogens is 394 g/mol. The highest BCUT2D eigenvalue weighted by Gasteiger charge is 2.21. The van der Waals surface area contributed by atoms with Gasteiger partial charge in [0, 0.05) is 11.6 Å². The molecule has 4 rings (SSSR count). The van der Waals surface area contributed by atoms with E-state index in [1.165, 1.54) is 23.5 Å². The van der Waals surface area contributed by atoms with Crippen molar-refractivity contribution in [3.8, 4) is 5.75 Å². The Labute approximate surface area is 156 Å². The van der Waals surface area contributed by atoms with Crippen LogP contribution in [0.2, 0.25) is 0 Å². The molecule has 0 saturated heterocycles. The van der Waals surface area contributed by atoms with Gasteiger partial charge in [-0.15, -0.1) is 22.7 Å². The highest BCUT2D eigenvalue weighted by molar-refractivity contribution is 7.90. The molecule has 0 fully saturated rings. The van der Waals surface area contributed by atoms with Crippen LogP contribution in [0.15, 0.2) is 46.8 Å². The molecule has 0 aliphatic rings. The van der Waals surface area contributed by atoms with Gasteiger partial charge in [0.25, 0.3) is 15.9 Å². The predicted molar refractivity (Wildman–Crippen MR) is 101 cm³/mol. The summed E-state index contributed by atoms with van der Waals surface area (Å²) in [4.78, 5) is 18.6. The third kappa shape index (κ3) is 2.96. The summed E-state index contributed by atoms with van der Waals surface area (Å²) in [5, 5.41) is 1.90. The van der Waals surface area contributed by atoms with Crippen LogP contribution in [0.25, 0.3) is 15.3 Å². The number of ether oxygens (including phenoxy) is 1. The number of imidazole rings is 1. The molecule has 26 heavy (non-hydrogen) atoms. The second-order valence-electron chi connectivity index (χ2n) is 5.31. The smallest absolute Gasteiger partial charge is 0.275 e. The number of rotatable bonds is 5. The van der Waals surface area contributed by atoms with Crippen LogP contribution in [0, 0.1) is 0 Å². The number of benzene rings is 1. The number of carbonyl (C=O) groups is 1. The number of hydrogen-bond acceptors (Lipinski definition) is 7. The number of sulfonamides is 1. The van der Waals surface area contributed by atoms with Crippen LogP contribution in [-0.4, -0.2) is 30.3 Å². The van der Waals surface area contributed by atoms with Crippen molar-refractivity contribution in [1.82, 2.24) is 14.1 Å². The van der Waals surface area contributed by atoms with Crippen molar-refractivity contribution in [2.45, 2.75) is 11.8 Å². The average molecular weight is 407 g/mol. The van der Waals surface area contributed by atoms with Crippen molar-refractivity contribution >= 4 is 53.9 Å². The fourth-order valence-corrected chi connectivity index (χ4v) is 5.20. The first-order valence-corrected chi connectivity index (χ1v) is 10.8. The molecular formula is C16H13N3O4S3. The van der Waals surface area contributed by atoms with Crippen LogP contribution in [0.4, 0.5) is 0 Å². The van der Waals surface area contributed by atoms with Crippen molar-refractivity contribution in [2.75, 3.05) is 6.61 Å². The summed E-state index contributed by atoms with van der Waals surface area (Å²) in [6.45, 7) is 2.33. The molecule has 4 aromatic rings. The van der Waals surface area contributed by atoms with E-state index >= 15 is 0 Å². The molecule has 0 radical (unpaired) electrons. The molecule has 1 N–H and O–H groups in total. The number of thiazole rings is 1. The van der Waals surface area contributed by atoms with Crippen LogP contribution in [0.5, 0.6) is 5.75 Å². The molecule has 0 aliphatic heterocycles. The largest absolute Gasteiger partial charge is 0.494 e. The lowest BCUT2D eigenvalue weighted by molar-refractivity contribution is 0.0985. The molecule has 0 bridgehead atoms. The number of nitrogens with zero attached hydrogens (tertiary/aromatic N) is 2. The Kier molecular flexibility index (Phi) is 4.17. The minimum atomic E-state index is -3.97. The fraction of sp³-hybridized carbons (Fsp3) is 0.125. The van der Waals surface area contributed by atoms with Crippen LogP contribution in [-0.2, 0) is 10.0 Å². The van der Waals surface area contributed by atoms with E-state index < -0.39 is 15.9 Å². The van der Waals surface area contributed by atoms with Crippen LogP contribution >= 0.6 is 22.7 Å². The third-order valence-corrected chi connectivity index (χ3v) is 6.76. The van der Waals surface area contributed by atoms with Crippen molar-refractivity contribution < 1.29 is 17.9 Å². The van der Waals surface area contributed by atoms with E-state index in [4.69, 9.17) is 4.74 Å². The number of aromatic nitrogens is 2. The Morgan fingerprint density at radius 3 is 2.81 bits per heavy atom. The summed E-state index contributed by atoms with van der Waals surface area (Å²) in [6, 6.07) is 7.55. The maximum Gasteiger partial charge on any atom is 0.275 e. The molecule has 1 amide bonds. The van der Waals surface area contributed by atoms with Crippen molar-refractivity contribution in [1.29, 1.82) is 0 Å². The molecule has 3 aromatic heterocycles. The Hall–Kier alpha value is -2.43. The third-order valence-electron chi connectivity index (χ3n) is 3.64. The zero-order chi connectivity index (χ0) is 18.3. The zero-order valence-corrected chi connectivity index (χ0v) is 16.0. The molecule has 10 heteroatoms. The summed E-state index contributed by atoms with van der Waals surface area (Å²) < 4.78 is 34.1. The van der Waals surface area contributed by atoms with Crippen molar-refractivity contribution in [2.24, 2.45) is 0 Å². The molecule has 0 atom stereocenters. The minimum absolute atomic E-state index is 0.00224. The Morgan fingerprint density at radius 1 is 1.31 bits per heavy atom. The lowest BCUT2D eigenvalue weighted by atomic mass is 10.3. The van der Waals surface area contributed by atoms with Gasteiger partial charge in [-0.1, -0.05) is 0 Å². The monoisotopic (exact) mass is 407 g/mol. The molecule has 134 valence electrons.